The van der Waals surface area contributed by atoms with Crippen molar-refractivity contribution >= 4 is 20.3 Å². The van der Waals surface area contributed by atoms with Crippen LogP contribution in [0.4, 0.5) is 4.79 Å². The summed E-state index contributed by atoms with van der Waals surface area (Å²) in [7, 11) is 0.954. The van der Waals surface area contributed by atoms with Gasteiger partial charge in [-0.15, -0.1) is 0 Å². The van der Waals surface area contributed by atoms with Gasteiger partial charge in [-0.1, -0.05) is 61.5 Å². The Balaban J connectivity index is 2.55. The fraction of sp³-hybridized carbons (Fsp3) is 0.805. The molecular formula is C41H74N2O8Si. The molecule has 300 valence electrons. The highest BCUT2D eigenvalue weighted by Gasteiger charge is 2.44. The number of carbonyl (C=O) groups excluding carboxylic acids is 2. The van der Waals surface area contributed by atoms with Crippen LogP contribution in [0.15, 0.2) is 18.2 Å². The third-order valence-electron chi connectivity index (χ3n) is 10.6. The van der Waals surface area contributed by atoms with E-state index in [9.17, 15) is 9.59 Å². The molecule has 10 nitrogen and oxygen atoms in total. The fourth-order valence-corrected chi connectivity index (χ4v) is 7.47. The van der Waals surface area contributed by atoms with Crippen molar-refractivity contribution in [1.82, 2.24) is 10.6 Å². The summed E-state index contributed by atoms with van der Waals surface area (Å²) in [5, 5.41) is 6.43. The Morgan fingerprint density at radius 1 is 0.942 bits per heavy atom. The van der Waals surface area contributed by atoms with Gasteiger partial charge in [-0.2, -0.15) is 0 Å². The summed E-state index contributed by atoms with van der Waals surface area (Å²) in [5.74, 6) is 1.57. The van der Waals surface area contributed by atoms with Gasteiger partial charge < -0.3 is 38.7 Å². The van der Waals surface area contributed by atoms with Crippen molar-refractivity contribution in [2.75, 3.05) is 47.2 Å². The highest BCUT2D eigenvalue weighted by atomic mass is 28.4. The number of hydrogen-bond acceptors (Lipinski definition) is 8. The van der Waals surface area contributed by atoms with Crippen LogP contribution >= 0.6 is 0 Å². The average Bonchev–Trinajstić information content (AvgIpc) is 3.00. The summed E-state index contributed by atoms with van der Waals surface area (Å²) in [6.45, 7) is 30.5. The van der Waals surface area contributed by atoms with Crippen molar-refractivity contribution in [3.05, 3.63) is 23.8 Å². The van der Waals surface area contributed by atoms with Crippen molar-refractivity contribution < 1.29 is 37.7 Å². The van der Waals surface area contributed by atoms with Gasteiger partial charge in [0.05, 0.1) is 39.1 Å². The second kappa shape index (κ2) is 19.8. The summed E-state index contributed by atoms with van der Waals surface area (Å²) in [5.41, 5.74) is 0.398. The smallest absolute Gasteiger partial charge is 0.407 e. The number of rotatable bonds is 21. The number of nitrogens with one attached hydrogen (secondary N) is 2. The minimum Gasteiger partial charge on any atom is -0.493 e. The predicted molar refractivity (Wildman–Crippen MR) is 212 cm³/mol. The number of benzene rings is 1. The van der Waals surface area contributed by atoms with Gasteiger partial charge in [0.15, 0.2) is 19.8 Å². The lowest BCUT2D eigenvalue weighted by Gasteiger charge is -2.44. The van der Waals surface area contributed by atoms with Crippen LogP contribution in [0.3, 0.4) is 0 Å². The first-order valence-corrected chi connectivity index (χ1v) is 22.2. The van der Waals surface area contributed by atoms with Crippen LogP contribution in [0.5, 0.6) is 11.5 Å². The Labute approximate surface area is 317 Å². The number of amides is 2. The van der Waals surface area contributed by atoms with Gasteiger partial charge >= 0.3 is 6.09 Å². The first-order valence-electron chi connectivity index (χ1n) is 19.3. The Bertz CT molecular complexity index is 1250. The molecule has 2 N–H and O–H groups in total. The summed E-state index contributed by atoms with van der Waals surface area (Å²) in [6.07, 6.45) is 1.72. The Morgan fingerprint density at radius 2 is 1.60 bits per heavy atom. The molecular weight excluding hydrogens is 677 g/mol. The number of carbonyl (C=O) groups is 2. The van der Waals surface area contributed by atoms with Crippen LogP contribution in [0.2, 0.25) is 18.1 Å². The van der Waals surface area contributed by atoms with E-state index in [2.05, 4.69) is 91.3 Å². The molecule has 1 aromatic carbocycles. The minimum absolute atomic E-state index is 0.0136. The fourth-order valence-electron chi connectivity index (χ4n) is 6.10. The van der Waals surface area contributed by atoms with E-state index in [4.69, 9.17) is 28.1 Å². The van der Waals surface area contributed by atoms with E-state index in [0.717, 1.165) is 18.4 Å². The number of methoxy groups -OCH3 is 2. The maximum atomic E-state index is 13.9. The molecule has 11 heteroatoms. The van der Waals surface area contributed by atoms with Gasteiger partial charge in [0.1, 0.15) is 5.60 Å². The van der Waals surface area contributed by atoms with Crippen molar-refractivity contribution in [2.45, 2.75) is 138 Å². The third kappa shape index (κ3) is 14.8. The maximum Gasteiger partial charge on any atom is 0.407 e. The molecule has 52 heavy (non-hydrogen) atoms. The van der Waals surface area contributed by atoms with Gasteiger partial charge in [-0.3, -0.25) is 4.79 Å². The van der Waals surface area contributed by atoms with Gasteiger partial charge in [0.25, 0.3) is 0 Å². The standard InChI is InChI=1S/C41H74N2O8Si/c1-28(2)31(21-30-17-18-34(47-13)36(22-30)49-20-16-19-46-12)23-33(43-38(45)50-39(5,6)7)35(51-52(14,15)40(8,9)10)24-32(29(3)4)37(44)42-25-41(11)26-48-27-41/h17-18,22,28-29,31-33,35H,16,19-21,23-27H2,1-15H3,(H,42,44)(H,43,45)/t31-,32-,33-,35-/m0/s1. The number of alkyl carbamates (subject to hydrolysis) is 1. The molecule has 0 spiro atoms. The molecule has 0 radical (unpaired) electrons. The number of ether oxygens (including phenoxy) is 5. The number of hydrogen-bond donors (Lipinski definition) is 2. The van der Waals surface area contributed by atoms with E-state index in [1.54, 1.807) is 14.2 Å². The lowest BCUT2D eigenvalue weighted by Crippen LogP contribution is -2.55. The highest BCUT2D eigenvalue weighted by molar-refractivity contribution is 6.74. The predicted octanol–water partition coefficient (Wildman–Crippen LogP) is 8.41. The average molecular weight is 751 g/mol. The molecule has 0 aliphatic carbocycles. The van der Waals surface area contributed by atoms with E-state index < -0.39 is 32.2 Å². The first kappa shape index (κ1) is 45.8. The van der Waals surface area contributed by atoms with Crippen LogP contribution in [0.1, 0.15) is 101 Å². The van der Waals surface area contributed by atoms with Crippen molar-refractivity contribution in [3.63, 3.8) is 0 Å². The van der Waals surface area contributed by atoms with Crippen molar-refractivity contribution in [1.29, 1.82) is 0 Å². The van der Waals surface area contributed by atoms with Gasteiger partial charge in [0.2, 0.25) is 5.91 Å². The molecule has 1 aliphatic rings. The maximum absolute atomic E-state index is 13.9. The molecule has 1 heterocycles. The summed E-state index contributed by atoms with van der Waals surface area (Å²) >= 11 is 0. The summed E-state index contributed by atoms with van der Waals surface area (Å²) in [4.78, 5) is 27.5. The van der Waals surface area contributed by atoms with E-state index in [0.29, 0.717) is 57.3 Å². The second-order valence-electron chi connectivity index (χ2n) is 18.4. The molecule has 0 bridgehead atoms. The quantitative estimate of drug-likeness (QED) is 0.0952. The van der Waals surface area contributed by atoms with E-state index >= 15 is 0 Å². The Hall–Kier alpha value is -2.34. The second-order valence-corrected chi connectivity index (χ2v) is 23.2. The molecule has 1 fully saturated rings. The zero-order chi connectivity index (χ0) is 39.5. The monoisotopic (exact) mass is 751 g/mol. The van der Waals surface area contributed by atoms with E-state index in [1.807, 2.05) is 26.8 Å². The molecule has 1 aliphatic heterocycles. The SMILES string of the molecule is COCCCOc1cc(C[C@@H](C[C@H](NC(=O)OC(C)(C)C)[C@H](C[C@H](C(=O)NCC2(C)COC2)C(C)C)O[Si](C)(C)C(C)(C)C)C(C)C)ccc1OC. The van der Waals surface area contributed by atoms with Crippen LogP contribution in [0.25, 0.3) is 0 Å². The van der Waals surface area contributed by atoms with Crippen LogP contribution in [0, 0.1) is 29.1 Å². The normalized spacial score (nSPS) is 17.2. The molecule has 0 aromatic heterocycles. The van der Waals surface area contributed by atoms with E-state index in [1.165, 1.54) is 0 Å². The molecule has 2 rings (SSSR count). The van der Waals surface area contributed by atoms with Crippen molar-refractivity contribution in [3.8, 4) is 11.5 Å². The summed E-state index contributed by atoms with van der Waals surface area (Å²) < 4.78 is 35.5. The highest BCUT2D eigenvalue weighted by Crippen LogP contribution is 2.40. The van der Waals surface area contributed by atoms with E-state index in [-0.39, 0.29) is 40.0 Å². The van der Waals surface area contributed by atoms with Crippen LogP contribution in [-0.2, 0) is 29.9 Å². The zero-order valence-electron chi connectivity index (χ0n) is 35.3. The molecule has 0 unspecified atom stereocenters. The summed E-state index contributed by atoms with van der Waals surface area (Å²) in [6, 6.07) is 5.70. The molecule has 1 saturated heterocycles. The van der Waals surface area contributed by atoms with Crippen LogP contribution in [-0.4, -0.2) is 85.3 Å². The van der Waals surface area contributed by atoms with Crippen molar-refractivity contribution in [2.24, 2.45) is 29.1 Å². The molecule has 4 atom stereocenters. The molecule has 1 aromatic rings. The van der Waals surface area contributed by atoms with Crippen LogP contribution < -0.4 is 20.1 Å². The lowest BCUT2D eigenvalue weighted by atomic mass is 9.80. The van der Waals surface area contributed by atoms with Gasteiger partial charge in [0, 0.05) is 38.0 Å². The topological polar surface area (TPSA) is 114 Å². The molecule has 2 amide bonds. The zero-order valence-corrected chi connectivity index (χ0v) is 36.3. The lowest BCUT2D eigenvalue weighted by molar-refractivity contribution is -0.132. The van der Waals surface area contributed by atoms with Gasteiger partial charge in [-0.05, 0) is 93.6 Å². The van der Waals surface area contributed by atoms with Gasteiger partial charge in [-0.25, -0.2) is 4.79 Å². The largest absolute Gasteiger partial charge is 0.493 e. The minimum atomic E-state index is -2.38. The Morgan fingerprint density at radius 3 is 2.10 bits per heavy atom. The Kier molecular flexibility index (Phi) is 17.5. The molecule has 0 saturated carbocycles. The third-order valence-corrected chi connectivity index (χ3v) is 15.1. The first-order chi connectivity index (χ1) is 24.0.